The molecule has 0 unspecified atom stereocenters. The van der Waals surface area contributed by atoms with Crippen LogP contribution in [0.1, 0.15) is 23.1 Å². The van der Waals surface area contributed by atoms with Gasteiger partial charge in [0.05, 0.1) is 5.56 Å². The second kappa shape index (κ2) is 7.68. The normalized spacial score (nSPS) is 13.9. The number of halogens is 3. The van der Waals surface area contributed by atoms with Crippen molar-refractivity contribution in [1.82, 2.24) is 0 Å². The Bertz CT molecular complexity index is 786. The lowest BCUT2D eigenvalue weighted by Gasteiger charge is -2.12. The number of fused-ring (bicyclic) bond motifs is 1. The summed E-state index contributed by atoms with van der Waals surface area (Å²) in [5, 5.41) is 11.8. The Hall–Kier alpha value is -2.70. The highest BCUT2D eigenvalue weighted by atomic mass is 19.4. The van der Waals surface area contributed by atoms with Gasteiger partial charge in [0.15, 0.2) is 11.5 Å². The van der Waals surface area contributed by atoms with Crippen molar-refractivity contribution in [3.8, 4) is 11.5 Å². The molecule has 1 aliphatic rings. The van der Waals surface area contributed by atoms with Crippen molar-refractivity contribution in [2.24, 2.45) is 4.99 Å². The minimum absolute atomic E-state index is 0.173. The summed E-state index contributed by atoms with van der Waals surface area (Å²) in [6.45, 7) is 0.567. The molecule has 0 aromatic heterocycles. The maximum atomic E-state index is 12.5. The summed E-state index contributed by atoms with van der Waals surface area (Å²) in [6.07, 6.45) is -3.21. The van der Waals surface area contributed by atoms with Gasteiger partial charge in [-0.1, -0.05) is 18.2 Å². The highest BCUT2D eigenvalue weighted by Gasteiger charge is 2.29. The summed E-state index contributed by atoms with van der Waals surface area (Å²) in [7, 11) is 0. The molecule has 0 aliphatic carbocycles. The molecule has 0 saturated heterocycles. The molecule has 2 aromatic rings. The first kappa shape index (κ1) is 18.1. The molecule has 1 aliphatic heterocycles. The van der Waals surface area contributed by atoms with Crippen LogP contribution in [-0.4, -0.2) is 19.2 Å². The van der Waals surface area contributed by atoms with Gasteiger partial charge in [-0.15, -0.1) is 0 Å². The number of rotatable bonds is 6. The number of hydrogen-bond donors (Lipinski definition) is 0. The van der Waals surface area contributed by atoms with Crippen LogP contribution in [-0.2, 0) is 19.0 Å². The Kier molecular flexibility index (Phi) is 5.35. The molecule has 2 aromatic carbocycles. The highest BCUT2D eigenvalue weighted by Crippen LogP contribution is 2.32. The minimum atomic E-state index is -4.35. The van der Waals surface area contributed by atoms with Gasteiger partial charge in [-0.2, -0.15) is 13.2 Å². The van der Waals surface area contributed by atoms with Crippen molar-refractivity contribution in [3.05, 3.63) is 59.2 Å². The standard InChI is InChI=1S/C19H18F3NO3/c20-19(21,22)15-5-1-13(2-6-15)4-8-18(24)23-10-9-14-3-7-16-17(11-14)26-12-25-16/h1-3,5-7,11H,4,8-10,12H2,(H,23,24)/p-1. The van der Waals surface area contributed by atoms with Crippen LogP contribution in [0.4, 0.5) is 13.2 Å². The van der Waals surface area contributed by atoms with Crippen LogP contribution in [0.15, 0.2) is 47.5 Å². The zero-order valence-electron chi connectivity index (χ0n) is 13.9. The molecular weight excluding hydrogens is 347 g/mol. The Balaban J connectivity index is 1.46. The number of aryl methyl sites for hydroxylation is 1. The molecule has 0 saturated carbocycles. The van der Waals surface area contributed by atoms with Crippen molar-refractivity contribution in [2.75, 3.05) is 13.3 Å². The first-order valence-corrected chi connectivity index (χ1v) is 8.17. The fourth-order valence-corrected chi connectivity index (χ4v) is 2.60. The number of alkyl halides is 3. The summed E-state index contributed by atoms with van der Waals surface area (Å²) in [6, 6.07) is 10.4. The molecule has 0 radical (unpaired) electrons. The van der Waals surface area contributed by atoms with E-state index in [1.54, 1.807) is 0 Å². The third-order valence-corrected chi connectivity index (χ3v) is 4.03. The lowest BCUT2D eigenvalue weighted by molar-refractivity contribution is -0.219. The van der Waals surface area contributed by atoms with Crippen LogP contribution in [0.25, 0.3) is 0 Å². The van der Waals surface area contributed by atoms with Crippen LogP contribution >= 0.6 is 0 Å². The van der Waals surface area contributed by atoms with Crippen molar-refractivity contribution >= 4 is 5.90 Å². The molecule has 3 rings (SSSR count). The van der Waals surface area contributed by atoms with Crippen LogP contribution < -0.4 is 14.6 Å². The SMILES string of the molecule is [O-]C(CCc1ccc(C(F)(F)F)cc1)=NCCc1ccc2c(c1)OCO2. The maximum Gasteiger partial charge on any atom is 0.416 e. The third kappa shape index (κ3) is 4.68. The van der Waals surface area contributed by atoms with E-state index in [2.05, 4.69) is 4.99 Å². The molecule has 1 heterocycles. The van der Waals surface area contributed by atoms with Gasteiger partial charge in [-0.25, -0.2) is 0 Å². The number of aliphatic imine (C=N–C) groups is 1. The summed E-state index contributed by atoms with van der Waals surface area (Å²) < 4.78 is 48.0. The van der Waals surface area contributed by atoms with Gasteiger partial charge in [0.2, 0.25) is 6.79 Å². The first-order chi connectivity index (χ1) is 12.4. The smallest absolute Gasteiger partial charge is 0.416 e. The molecular formula is C19H17F3NO3-. The molecule has 0 N–H and O–H groups in total. The summed E-state index contributed by atoms with van der Waals surface area (Å²) >= 11 is 0. The number of nitrogens with zero attached hydrogens (tertiary/aromatic N) is 1. The molecule has 7 heteroatoms. The van der Waals surface area contributed by atoms with E-state index >= 15 is 0 Å². The van der Waals surface area contributed by atoms with E-state index < -0.39 is 11.7 Å². The zero-order valence-corrected chi connectivity index (χ0v) is 13.9. The molecule has 0 spiro atoms. The van der Waals surface area contributed by atoms with E-state index in [4.69, 9.17) is 9.47 Å². The average molecular weight is 364 g/mol. The van der Waals surface area contributed by atoms with Gasteiger partial charge in [0.1, 0.15) is 0 Å². The van der Waals surface area contributed by atoms with E-state index in [0.29, 0.717) is 36.4 Å². The molecule has 0 atom stereocenters. The Morgan fingerprint density at radius 2 is 1.65 bits per heavy atom. The van der Waals surface area contributed by atoms with Crippen LogP contribution in [0.5, 0.6) is 11.5 Å². The number of benzene rings is 2. The minimum Gasteiger partial charge on any atom is -0.862 e. The average Bonchev–Trinajstić information content (AvgIpc) is 3.07. The fourth-order valence-electron chi connectivity index (χ4n) is 2.60. The zero-order chi connectivity index (χ0) is 18.6. The van der Waals surface area contributed by atoms with Crippen molar-refractivity contribution in [2.45, 2.75) is 25.4 Å². The predicted molar refractivity (Wildman–Crippen MR) is 88.3 cm³/mol. The predicted octanol–water partition coefficient (Wildman–Crippen LogP) is 3.37. The van der Waals surface area contributed by atoms with Gasteiger partial charge in [0.25, 0.3) is 0 Å². The molecule has 138 valence electrons. The summed E-state index contributed by atoms with van der Waals surface area (Å²) in [5.41, 5.74) is 0.979. The fraction of sp³-hybridized carbons (Fsp3) is 0.316. The largest absolute Gasteiger partial charge is 0.862 e. The van der Waals surface area contributed by atoms with Crippen LogP contribution in [0.3, 0.4) is 0 Å². The highest BCUT2D eigenvalue weighted by molar-refractivity contribution is 5.71. The summed E-state index contributed by atoms with van der Waals surface area (Å²) in [4.78, 5) is 3.99. The Morgan fingerprint density at radius 3 is 2.38 bits per heavy atom. The monoisotopic (exact) mass is 364 g/mol. The van der Waals surface area contributed by atoms with Gasteiger partial charge >= 0.3 is 6.18 Å². The quantitative estimate of drug-likeness (QED) is 0.583. The topological polar surface area (TPSA) is 53.9 Å². The lowest BCUT2D eigenvalue weighted by Crippen LogP contribution is -2.19. The molecule has 0 fully saturated rings. The molecule has 4 nitrogen and oxygen atoms in total. The second-order valence-corrected chi connectivity index (χ2v) is 5.91. The lowest BCUT2D eigenvalue weighted by atomic mass is 10.1. The number of ether oxygens (including phenoxy) is 2. The van der Waals surface area contributed by atoms with Crippen LogP contribution in [0.2, 0.25) is 0 Å². The summed E-state index contributed by atoms with van der Waals surface area (Å²) in [5.74, 6) is 1.14. The first-order valence-electron chi connectivity index (χ1n) is 8.17. The van der Waals surface area contributed by atoms with Gasteiger partial charge in [0, 0.05) is 6.54 Å². The van der Waals surface area contributed by atoms with E-state index in [0.717, 1.165) is 17.7 Å². The number of hydrogen-bond acceptors (Lipinski definition) is 4. The maximum absolute atomic E-state index is 12.5. The molecule has 0 bridgehead atoms. The van der Waals surface area contributed by atoms with Gasteiger partial charge in [-0.3, -0.25) is 0 Å². The molecule has 0 amide bonds. The van der Waals surface area contributed by atoms with E-state index in [-0.39, 0.29) is 19.1 Å². The van der Waals surface area contributed by atoms with Crippen molar-refractivity contribution in [1.29, 1.82) is 0 Å². The molecule has 26 heavy (non-hydrogen) atoms. The van der Waals surface area contributed by atoms with Gasteiger partial charge < -0.3 is 19.6 Å². The second-order valence-electron chi connectivity index (χ2n) is 5.91. The van der Waals surface area contributed by atoms with Crippen LogP contribution in [0, 0.1) is 0 Å². The Morgan fingerprint density at radius 1 is 0.962 bits per heavy atom. The van der Waals surface area contributed by atoms with Crippen molar-refractivity contribution < 1.29 is 27.8 Å². The van der Waals surface area contributed by atoms with Crippen molar-refractivity contribution in [3.63, 3.8) is 0 Å². The van der Waals surface area contributed by atoms with Gasteiger partial charge in [-0.05, 0) is 60.6 Å². The third-order valence-electron chi connectivity index (χ3n) is 4.03. The van der Waals surface area contributed by atoms with E-state index in [1.165, 1.54) is 12.1 Å². The Labute approximate surface area is 148 Å². The van der Waals surface area contributed by atoms with E-state index in [1.807, 2.05) is 18.2 Å². The van der Waals surface area contributed by atoms with E-state index in [9.17, 15) is 18.3 Å².